The lowest BCUT2D eigenvalue weighted by Gasteiger charge is -2.44. The molecule has 0 amide bonds. The third-order valence-electron chi connectivity index (χ3n) is 2.80. The Morgan fingerprint density at radius 1 is 1.40 bits per heavy atom. The maximum Gasteiger partial charge on any atom is 0.0987 e. The van der Waals surface area contributed by atoms with Crippen LogP contribution in [0.4, 0.5) is 0 Å². The Morgan fingerprint density at radius 2 is 2.13 bits per heavy atom. The summed E-state index contributed by atoms with van der Waals surface area (Å²) >= 11 is 0. The largest absolute Gasteiger partial charge is 0.382 e. The fourth-order valence-corrected chi connectivity index (χ4v) is 2.06. The summed E-state index contributed by atoms with van der Waals surface area (Å²) in [6, 6.07) is 0.444. The average molecular weight is 217 g/mol. The van der Waals surface area contributed by atoms with Crippen molar-refractivity contribution in [3.05, 3.63) is 0 Å². The van der Waals surface area contributed by atoms with E-state index in [9.17, 15) is 0 Å². The normalized spacial score (nSPS) is 32.4. The van der Waals surface area contributed by atoms with Crippen molar-refractivity contribution in [3.8, 4) is 0 Å². The molecule has 0 aromatic rings. The minimum Gasteiger partial charge on any atom is -0.382 e. The summed E-state index contributed by atoms with van der Waals surface area (Å²) in [4.78, 5) is 0. The molecule has 90 valence electrons. The second-order valence-corrected chi connectivity index (χ2v) is 4.04. The third kappa shape index (κ3) is 3.41. The topological polar surface area (TPSA) is 39.7 Å². The Bertz CT molecular complexity index is 177. The van der Waals surface area contributed by atoms with Gasteiger partial charge in [0.05, 0.1) is 24.9 Å². The first-order chi connectivity index (χ1) is 7.22. The maximum absolute atomic E-state index is 5.82. The first kappa shape index (κ1) is 12.9. The van der Waals surface area contributed by atoms with Crippen LogP contribution in [0.15, 0.2) is 0 Å². The van der Waals surface area contributed by atoms with Gasteiger partial charge in [0, 0.05) is 20.3 Å². The molecule has 0 bridgehead atoms. The van der Waals surface area contributed by atoms with E-state index in [1.54, 1.807) is 14.2 Å². The minimum absolute atomic E-state index is 0.139. The molecule has 4 heteroatoms. The van der Waals surface area contributed by atoms with E-state index in [0.29, 0.717) is 12.6 Å². The Kier molecular flexibility index (Phi) is 5.53. The van der Waals surface area contributed by atoms with E-state index in [1.165, 1.54) is 0 Å². The standard InChI is InChI=1S/C11H23NO3/c1-5-12-9-6-10(11(9)14-4)15-8(2)7-13-3/h8-12H,5-7H2,1-4H3. The highest BCUT2D eigenvalue weighted by molar-refractivity contribution is 4.97. The molecule has 1 rings (SSSR count). The van der Waals surface area contributed by atoms with Gasteiger partial charge in [-0.3, -0.25) is 0 Å². The molecular weight excluding hydrogens is 194 g/mol. The number of ether oxygens (including phenoxy) is 3. The first-order valence-electron chi connectivity index (χ1n) is 5.63. The molecule has 0 spiro atoms. The van der Waals surface area contributed by atoms with Crippen molar-refractivity contribution in [2.75, 3.05) is 27.4 Å². The molecule has 4 unspecified atom stereocenters. The van der Waals surface area contributed by atoms with Crippen molar-refractivity contribution in [2.45, 2.75) is 44.6 Å². The molecule has 1 aliphatic carbocycles. The number of hydrogen-bond acceptors (Lipinski definition) is 4. The van der Waals surface area contributed by atoms with Gasteiger partial charge in [0.1, 0.15) is 0 Å². The number of likely N-dealkylation sites (N-methyl/N-ethyl adjacent to an activating group) is 1. The molecule has 4 atom stereocenters. The molecule has 0 aromatic heterocycles. The predicted molar refractivity (Wildman–Crippen MR) is 59.1 cm³/mol. The Morgan fingerprint density at radius 3 is 2.67 bits per heavy atom. The number of nitrogens with one attached hydrogen (secondary N) is 1. The van der Waals surface area contributed by atoms with Gasteiger partial charge in [-0.25, -0.2) is 0 Å². The number of hydrogen-bond donors (Lipinski definition) is 1. The second kappa shape index (κ2) is 6.43. The van der Waals surface area contributed by atoms with Gasteiger partial charge in [0.25, 0.3) is 0 Å². The van der Waals surface area contributed by atoms with E-state index >= 15 is 0 Å². The minimum atomic E-state index is 0.139. The van der Waals surface area contributed by atoms with Crippen LogP contribution < -0.4 is 5.32 Å². The summed E-state index contributed by atoms with van der Waals surface area (Å²) < 4.78 is 16.3. The van der Waals surface area contributed by atoms with E-state index in [-0.39, 0.29) is 18.3 Å². The monoisotopic (exact) mass is 217 g/mol. The summed E-state index contributed by atoms with van der Waals surface area (Å²) in [6.07, 6.45) is 1.56. The lowest BCUT2D eigenvalue weighted by Crippen LogP contribution is -2.60. The number of methoxy groups -OCH3 is 2. The van der Waals surface area contributed by atoms with Gasteiger partial charge in [-0.1, -0.05) is 6.92 Å². The smallest absolute Gasteiger partial charge is 0.0987 e. The Balaban J connectivity index is 2.26. The van der Waals surface area contributed by atoms with Crippen LogP contribution in [0.2, 0.25) is 0 Å². The second-order valence-electron chi connectivity index (χ2n) is 4.04. The zero-order chi connectivity index (χ0) is 11.3. The van der Waals surface area contributed by atoms with E-state index in [1.807, 2.05) is 6.92 Å². The molecule has 15 heavy (non-hydrogen) atoms. The summed E-state index contributed by atoms with van der Waals surface area (Å²) in [5, 5.41) is 3.38. The summed E-state index contributed by atoms with van der Waals surface area (Å²) in [5.74, 6) is 0. The molecule has 0 radical (unpaired) electrons. The van der Waals surface area contributed by atoms with Crippen LogP contribution in [0, 0.1) is 0 Å². The summed E-state index contributed by atoms with van der Waals surface area (Å²) in [6.45, 7) is 5.74. The van der Waals surface area contributed by atoms with Gasteiger partial charge in [-0.15, -0.1) is 0 Å². The zero-order valence-electron chi connectivity index (χ0n) is 10.2. The predicted octanol–water partition coefficient (Wildman–Crippen LogP) is 0.803. The van der Waals surface area contributed by atoms with E-state index in [2.05, 4.69) is 12.2 Å². The molecule has 1 N–H and O–H groups in total. The van der Waals surface area contributed by atoms with Crippen LogP contribution in [-0.2, 0) is 14.2 Å². The quantitative estimate of drug-likeness (QED) is 0.685. The van der Waals surface area contributed by atoms with Crippen molar-refractivity contribution >= 4 is 0 Å². The molecule has 0 heterocycles. The highest BCUT2D eigenvalue weighted by Gasteiger charge is 2.42. The van der Waals surface area contributed by atoms with Crippen LogP contribution in [0.1, 0.15) is 20.3 Å². The summed E-state index contributed by atoms with van der Waals surface area (Å²) in [5.41, 5.74) is 0. The highest BCUT2D eigenvalue weighted by atomic mass is 16.6. The van der Waals surface area contributed by atoms with Gasteiger partial charge in [-0.05, 0) is 19.9 Å². The van der Waals surface area contributed by atoms with Gasteiger partial charge < -0.3 is 19.5 Å². The fraction of sp³-hybridized carbons (Fsp3) is 1.00. The van der Waals surface area contributed by atoms with Gasteiger partial charge >= 0.3 is 0 Å². The van der Waals surface area contributed by atoms with Crippen LogP contribution in [0.25, 0.3) is 0 Å². The van der Waals surface area contributed by atoms with Gasteiger partial charge in [0.15, 0.2) is 0 Å². The Hall–Kier alpha value is -0.160. The lowest BCUT2D eigenvalue weighted by atomic mass is 9.85. The third-order valence-corrected chi connectivity index (χ3v) is 2.80. The Labute approximate surface area is 92.3 Å². The van der Waals surface area contributed by atoms with Crippen molar-refractivity contribution in [1.82, 2.24) is 5.32 Å². The lowest BCUT2D eigenvalue weighted by molar-refractivity contribution is -0.161. The van der Waals surface area contributed by atoms with E-state index < -0.39 is 0 Å². The SMILES string of the molecule is CCNC1CC(OC(C)COC)C1OC. The molecule has 0 aliphatic heterocycles. The molecule has 1 aliphatic rings. The molecule has 0 saturated heterocycles. The molecule has 1 saturated carbocycles. The first-order valence-corrected chi connectivity index (χ1v) is 5.63. The fourth-order valence-electron chi connectivity index (χ4n) is 2.06. The molecule has 0 aromatic carbocycles. The van der Waals surface area contributed by atoms with Crippen molar-refractivity contribution in [3.63, 3.8) is 0 Å². The van der Waals surface area contributed by atoms with Crippen LogP contribution in [-0.4, -0.2) is 51.7 Å². The van der Waals surface area contributed by atoms with E-state index in [0.717, 1.165) is 13.0 Å². The van der Waals surface area contributed by atoms with Crippen LogP contribution in [0.3, 0.4) is 0 Å². The molecule has 1 fully saturated rings. The van der Waals surface area contributed by atoms with Crippen LogP contribution >= 0.6 is 0 Å². The van der Waals surface area contributed by atoms with Crippen molar-refractivity contribution in [2.24, 2.45) is 0 Å². The highest BCUT2D eigenvalue weighted by Crippen LogP contribution is 2.27. The average Bonchev–Trinajstić information content (AvgIpc) is 2.17. The number of rotatable bonds is 7. The van der Waals surface area contributed by atoms with Gasteiger partial charge in [-0.2, -0.15) is 0 Å². The molecule has 4 nitrogen and oxygen atoms in total. The zero-order valence-corrected chi connectivity index (χ0v) is 10.2. The van der Waals surface area contributed by atoms with Crippen molar-refractivity contribution < 1.29 is 14.2 Å². The van der Waals surface area contributed by atoms with E-state index in [4.69, 9.17) is 14.2 Å². The van der Waals surface area contributed by atoms with Crippen molar-refractivity contribution in [1.29, 1.82) is 0 Å². The summed E-state index contributed by atoms with van der Waals surface area (Å²) in [7, 11) is 3.43. The van der Waals surface area contributed by atoms with Crippen LogP contribution in [0.5, 0.6) is 0 Å². The molecular formula is C11H23NO3. The van der Waals surface area contributed by atoms with Gasteiger partial charge in [0.2, 0.25) is 0 Å². The maximum atomic E-state index is 5.82.